The molecule has 2 heterocycles. The Morgan fingerprint density at radius 2 is 1.80 bits per heavy atom. The van der Waals surface area contributed by atoms with E-state index in [-0.39, 0.29) is 65.7 Å². The number of nitriles is 1. The average molecular weight is 707 g/mol. The van der Waals surface area contributed by atoms with Crippen molar-refractivity contribution >= 4 is 39.3 Å². The van der Waals surface area contributed by atoms with Crippen molar-refractivity contribution in [3.8, 4) is 17.5 Å². The number of hydrogen-bond donors (Lipinski definition) is 1. The number of nitrogens with zero attached hydrogens (tertiary/aromatic N) is 4. The SMILES string of the molecule is N#Cc1ccc(CNC(=O)c2c3n(c(=O)n2-c2ccc(OCC(F)(F)F)cc2)CCN(C(=O)c2ccc(Br)c(Cl)c2)C3)c(F)c1. The van der Waals surface area contributed by atoms with Gasteiger partial charge in [-0.1, -0.05) is 17.7 Å². The Morgan fingerprint density at radius 1 is 1.07 bits per heavy atom. The van der Waals surface area contributed by atoms with Gasteiger partial charge in [0.2, 0.25) is 0 Å². The van der Waals surface area contributed by atoms with Gasteiger partial charge in [-0.05, 0) is 70.5 Å². The smallest absolute Gasteiger partial charge is 0.422 e. The molecule has 1 aliphatic heterocycles. The van der Waals surface area contributed by atoms with Crippen molar-refractivity contribution in [2.75, 3.05) is 13.2 Å². The average Bonchev–Trinajstić information content (AvgIpc) is 3.31. The van der Waals surface area contributed by atoms with E-state index < -0.39 is 36.1 Å². The third-order valence-corrected chi connectivity index (χ3v) is 8.20. The number of ether oxygens (including phenoxy) is 1. The number of alkyl halides is 3. The molecular weight excluding hydrogens is 686 g/mol. The number of benzene rings is 3. The van der Waals surface area contributed by atoms with Crippen molar-refractivity contribution in [3.63, 3.8) is 0 Å². The topological polar surface area (TPSA) is 109 Å². The van der Waals surface area contributed by atoms with Gasteiger partial charge in [-0.3, -0.25) is 18.7 Å². The van der Waals surface area contributed by atoms with E-state index in [0.29, 0.717) is 9.50 Å². The van der Waals surface area contributed by atoms with Gasteiger partial charge in [0.05, 0.1) is 34.6 Å². The first-order valence-electron chi connectivity index (χ1n) is 13.2. The van der Waals surface area contributed by atoms with Crippen molar-refractivity contribution in [2.45, 2.75) is 25.8 Å². The van der Waals surface area contributed by atoms with Crippen molar-refractivity contribution in [2.24, 2.45) is 0 Å². The number of hydrogen-bond acceptors (Lipinski definition) is 5. The second-order valence-electron chi connectivity index (χ2n) is 9.92. The van der Waals surface area contributed by atoms with Crippen LogP contribution in [-0.4, -0.2) is 45.2 Å². The largest absolute Gasteiger partial charge is 0.484 e. The number of fused-ring (bicyclic) bond motifs is 1. The molecule has 15 heteroatoms. The normalized spacial score (nSPS) is 12.8. The Labute approximate surface area is 266 Å². The van der Waals surface area contributed by atoms with Crippen LogP contribution in [0.15, 0.2) is 69.9 Å². The molecule has 1 N–H and O–H groups in total. The van der Waals surface area contributed by atoms with Crippen molar-refractivity contribution in [1.29, 1.82) is 5.26 Å². The highest BCUT2D eigenvalue weighted by molar-refractivity contribution is 9.10. The van der Waals surface area contributed by atoms with E-state index in [1.54, 1.807) is 12.1 Å². The monoisotopic (exact) mass is 705 g/mol. The number of aromatic nitrogens is 2. The van der Waals surface area contributed by atoms with Crippen LogP contribution in [0.25, 0.3) is 5.69 Å². The van der Waals surface area contributed by atoms with E-state index in [4.69, 9.17) is 21.6 Å². The summed E-state index contributed by atoms with van der Waals surface area (Å²) in [6.07, 6.45) is -4.55. The van der Waals surface area contributed by atoms with Gasteiger partial charge in [-0.25, -0.2) is 9.18 Å². The maximum Gasteiger partial charge on any atom is 0.422 e. The van der Waals surface area contributed by atoms with Crippen LogP contribution in [0.4, 0.5) is 17.6 Å². The van der Waals surface area contributed by atoms with Crippen LogP contribution in [-0.2, 0) is 19.6 Å². The predicted octanol–water partition coefficient (Wildman–Crippen LogP) is 5.59. The lowest BCUT2D eigenvalue weighted by Gasteiger charge is -2.28. The van der Waals surface area contributed by atoms with Gasteiger partial charge < -0.3 is 15.0 Å². The van der Waals surface area contributed by atoms with Crippen LogP contribution >= 0.6 is 27.5 Å². The van der Waals surface area contributed by atoms with Crippen molar-refractivity contribution in [3.05, 3.63) is 115 Å². The summed E-state index contributed by atoms with van der Waals surface area (Å²) in [6, 6.07) is 15.4. The van der Waals surface area contributed by atoms with Gasteiger partial charge in [0.1, 0.15) is 17.3 Å². The Bertz CT molecular complexity index is 1900. The Morgan fingerprint density at radius 3 is 2.44 bits per heavy atom. The molecular formula is C30H21BrClF4N5O4. The quantitative estimate of drug-likeness (QED) is 0.252. The summed E-state index contributed by atoms with van der Waals surface area (Å²) in [7, 11) is 0. The van der Waals surface area contributed by atoms with Crippen LogP contribution in [0.1, 0.15) is 37.7 Å². The first kappa shape index (κ1) is 31.8. The van der Waals surface area contributed by atoms with Gasteiger partial charge in [0.15, 0.2) is 6.61 Å². The highest BCUT2D eigenvalue weighted by Gasteiger charge is 2.33. The zero-order valence-corrected chi connectivity index (χ0v) is 25.3. The Kier molecular flexibility index (Phi) is 9.03. The minimum absolute atomic E-state index is 0.0362. The minimum atomic E-state index is -4.55. The second kappa shape index (κ2) is 12.8. The number of rotatable bonds is 7. The van der Waals surface area contributed by atoms with Gasteiger partial charge in [0, 0.05) is 35.2 Å². The fourth-order valence-electron chi connectivity index (χ4n) is 4.79. The van der Waals surface area contributed by atoms with E-state index in [1.807, 2.05) is 6.07 Å². The van der Waals surface area contributed by atoms with Crippen LogP contribution in [0, 0.1) is 17.1 Å². The number of carbonyl (C=O) groups excluding carboxylic acids is 2. The summed E-state index contributed by atoms with van der Waals surface area (Å²) in [6.45, 7) is -1.78. The summed E-state index contributed by atoms with van der Waals surface area (Å²) in [5.74, 6) is -2.00. The maximum atomic E-state index is 14.5. The molecule has 0 saturated heterocycles. The molecule has 3 aromatic carbocycles. The molecule has 0 atom stereocenters. The first-order valence-corrected chi connectivity index (χ1v) is 14.4. The van der Waals surface area contributed by atoms with Crippen LogP contribution in [0.2, 0.25) is 5.02 Å². The lowest BCUT2D eigenvalue weighted by Crippen LogP contribution is -2.41. The molecule has 0 bridgehead atoms. The number of halogens is 6. The molecule has 0 fully saturated rings. The van der Waals surface area contributed by atoms with E-state index in [1.165, 1.54) is 51.9 Å². The summed E-state index contributed by atoms with van der Waals surface area (Å²) in [4.78, 5) is 42.2. The molecule has 0 unspecified atom stereocenters. The van der Waals surface area contributed by atoms with Gasteiger partial charge in [0.25, 0.3) is 11.8 Å². The van der Waals surface area contributed by atoms with E-state index in [2.05, 4.69) is 21.2 Å². The zero-order valence-electron chi connectivity index (χ0n) is 23.0. The third-order valence-electron chi connectivity index (χ3n) is 6.97. The lowest BCUT2D eigenvalue weighted by molar-refractivity contribution is -0.153. The second-order valence-corrected chi connectivity index (χ2v) is 11.2. The number of nitrogens with one attached hydrogen (secondary N) is 1. The maximum absolute atomic E-state index is 14.5. The number of imidazole rings is 1. The molecule has 0 aliphatic carbocycles. The highest BCUT2D eigenvalue weighted by atomic mass is 79.9. The minimum Gasteiger partial charge on any atom is -0.484 e. The molecule has 45 heavy (non-hydrogen) atoms. The molecule has 2 amide bonds. The molecule has 5 rings (SSSR count). The fraction of sp³-hybridized carbons (Fsp3) is 0.200. The lowest BCUT2D eigenvalue weighted by atomic mass is 10.1. The summed E-state index contributed by atoms with van der Waals surface area (Å²) < 4.78 is 60.1. The number of amides is 2. The summed E-state index contributed by atoms with van der Waals surface area (Å²) in [5.41, 5.74) is 0.0327. The van der Waals surface area contributed by atoms with Crippen molar-refractivity contribution in [1.82, 2.24) is 19.4 Å². The van der Waals surface area contributed by atoms with Gasteiger partial charge in [-0.15, -0.1) is 0 Å². The highest BCUT2D eigenvalue weighted by Crippen LogP contribution is 2.27. The van der Waals surface area contributed by atoms with E-state index in [9.17, 15) is 31.9 Å². The van der Waals surface area contributed by atoms with E-state index in [0.717, 1.165) is 10.6 Å². The molecule has 4 aromatic rings. The zero-order chi connectivity index (χ0) is 32.5. The third kappa shape index (κ3) is 6.89. The van der Waals surface area contributed by atoms with Crippen LogP contribution < -0.4 is 15.7 Å². The Balaban J connectivity index is 1.51. The molecule has 0 spiro atoms. The van der Waals surface area contributed by atoms with Crippen LogP contribution in [0.5, 0.6) is 5.75 Å². The first-order chi connectivity index (χ1) is 21.4. The Hall–Kier alpha value is -4.61. The molecule has 0 saturated carbocycles. The fourth-order valence-corrected chi connectivity index (χ4v) is 5.22. The molecule has 1 aliphatic rings. The van der Waals surface area contributed by atoms with Crippen LogP contribution in [0.3, 0.4) is 0 Å². The summed E-state index contributed by atoms with van der Waals surface area (Å²) in [5, 5.41) is 11.9. The molecule has 0 radical (unpaired) electrons. The predicted molar refractivity (Wildman–Crippen MR) is 158 cm³/mol. The summed E-state index contributed by atoms with van der Waals surface area (Å²) >= 11 is 9.46. The van der Waals surface area contributed by atoms with Gasteiger partial charge in [-0.2, -0.15) is 18.4 Å². The molecule has 232 valence electrons. The number of carbonyl (C=O) groups is 2. The van der Waals surface area contributed by atoms with Gasteiger partial charge >= 0.3 is 11.9 Å². The van der Waals surface area contributed by atoms with E-state index >= 15 is 0 Å². The standard InChI is InChI=1S/C30H21BrClF4N5O4/c31-22-8-3-18(12-23(22)32)28(43)39-9-10-40-25(15-39)26(27(42)38-14-19-2-1-17(13-37)11-24(19)33)41(29(40)44)20-4-6-21(7-5-20)45-16-30(34,35)36/h1-8,11-12H,9-10,14-16H2,(H,38,42). The molecule has 1 aromatic heterocycles. The van der Waals surface area contributed by atoms with Crippen molar-refractivity contribution < 1.29 is 31.9 Å². The molecule has 9 nitrogen and oxygen atoms in total.